The molecular weight excluding hydrogens is 503 g/mol. The summed E-state index contributed by atoms with van der Waals surface area (Å²) in [6.45, 7) is 0. The molecule has 192 valence electrons. The molecule has 37 heavy (non-hydrogen) atoms. The number of anilines is 2. The molecule has 1 saturated carbocycles. The molecule has 11 heteroatoms. The number of halogens is 2. The summed E-state index contributed by atoms with van der Waals surface area (Å²) < 4.78 is 20.8. The third-order valence-electron chi connectivity index (χ3n) is 6.17. The molecule has 1 fully saturated rings. The number of alkyl carbamates (subject to hydrolysis) is 1. The molecule has 3 atom stereocenters. The van der Waals surface area contributed by atoms with E-state index in [1.165, 1.54) is 36.1 Å². The molecule has 3 aromatic rings. The second kappa shape index (κ2) is 11.3. The lowest BCUT2D eigenvalue weighted by Crippen LogP contribution is -2.33. The zero-order valence-corrected chi connectivity index (χ0v) is 20.5. The van der Waals surface area contributed by atoms with Crippen LogP contribution in [0.1, 0.15) is 12.8 Å². The van der Waals surface area contributed by atoms with Gasteiger partial charge in [-0.2, -0.15) is 0 Å². The molecule has 3 N–H and O–H groups in total. The number of hydrogen-bond donors (Lipinski definition) is 3. The number of aromatic nitrogens is 1. The Balaban J connectivity index is 1.52. The Morgan fingerprint density at radius 2 is 1.65 bits per heavy atom. The van der Waals surface area contributed by atoms with E-state index < -0.39 is 41.6 Å². The van der Waals surface area contributed by atoms with Gasteiger partial charge in [0.05, 0.1) is 30.3 Å². The number of carbonyl (C=O) groups excluding carboxylic acids is 3. The van der Waals surface area contributed by atoms with Gasteiger partial charge in [0.1, 0.15) is 5.82 Å². The Labute approximate surface area is 216 Å². The number of carbonyl (C=O) groups is 3. The van der Waals surface area contributed by atoms with Crippen LogP contribution < -0.4 is 21.5 Å². The highest BCUT2D eigenvalue weighted by molar-refractivity contribution is 6.30. The number of methoxy groups -OCH3 is 1. The van der Waals surface area contributed by atoms with E-state index in [4.69, 9.17) is 11.6 Å². The molecule has 0 saturated heterocycles. The van der Waals surface area contributed by atoms with Crippen molar-refractivity contribution in [1.82, 2.24) is 9.88 Å². The Kier molecular flexibility index (Phi) is 7.88. The van der Waals surface area contributed by atoms with Crippen LogP contribution in [0.25, 0.3) is 5.69 Å². The SMILES string of the molecule is COC(=O)NC1C[C@H](C(=O)Nc2ccc(Cl)cc2)[C@@H](C(=O)Nc2ccc(-n3ccccc3=O)cc2F)C1. The average Bonchev–Trinajstić information content (AvgIpc) is 3.31. The van der Waals surface area contributed by atoms with Crippen LogP contribution in [0.4, 0.5) is 20.6 Å². The molecule has 4 rings (SSSR count). The third kappa shape index (κ3) is 6.15. The highest BCUT2D eigenvalue weighted by Gasteiger charge is 2.43. The first kappa shape index (κ1) is 25.9. The molecule has 1 aromatic heterocycles. The van der Waals surface area contributed by atoms with Gasteiger partial charge in [0.15, 0.2) is 0 Å². The maximum atomic E-state index is 14.9. The van der Waals surface area contributed by atoms with E-state index in [9.17, 15) is 23.6 Å². The number of hydrogen-bond acceptors (Lipinski definition) is 5. The summed E-state index contributed by atoms with van der Waals surface area (Å²) in [7, 11) is 1.22. The number of amides is 3. The van der Waals surface area contributed by atoms with E-state index in [2.05, 4.69) is 20.7 Å². The summed E-state index contributed by atoms with van der Waals surface area (Å²) in [5.41, 5.74) is 0.363. The summed E-state index contributed by atoms with van der Waals surface area (Å²) in [5.74, 6) is -3.40. The number of rotatable bonds is 6. The highest BCUT2D eigenvalue weighted by Crippen LogP contribution is 2.35. The molecule has 3 amide bonds. The molecule has 1 aliphatic rings. The van der Waals surface area contributed by atoms with Crippen molar-refractivity contribution in [3.8, 4) is 5.69 Å². The topological polar surface area (TPSA) is 119 Å². The van der Waals surface area contributed by atoms with Gasteiger partial charge in [-0.3, -0.25) is 19.0 Å². The predicted octanol–water partition coefficient (Wildman–Crippen LogP) is 3.96. The fourth-order valence-corrected chi connectivity index (χ4v) is 4.48. The fourth-order valence-electron chi connectivity index (χ4n) is 4.35. The molecule has 1 unspecified atom stereocenters. The normalized spacial score (nSPS) is 18.6. The standard InChI is InChI=1S/C26H24ClFN4O5/c1-37-26(36)30-17-12-19(24(34)29-16-7-5-15(27)6-8-16)20(13-17)25(35)31-22-10-9-18(14-21(22)28)32-11-3-2-4-23(32)33/h2-11,14,17,19-20H,12-13H2,1H3,(H,29,34)(H,30,36)(H,31,35)/t17?,19-,20-/m0/s1. The van der Waals surface area contributed by atoms with Crippen LogP contribution in [0.3, 0.4) is 0 Å². The minimum absolute atomic E-state index is 0.0982. The van der Waals surface area contributed by atoms with Gasteiger partial charge >= 0.3 is 6.09 Å². The smallest absolute Gasteiger partial charge is 0.407 e. The lowest BCUT2D eigenvalue weighted by atomic mass is 9.94. The lowest BCUT2D eigenvalue weighted by Gasteiger charge is -2.19. The fraction of sp³-hybridized carbons (Fsp3) is 0.231. The first-order valence-corrected chi connectivity index (χ1v) is 11.8. The number of nitrogens with zero attached hydrogens (tertiary/aromatic N) is 1. The summed E-state index contributed by atoms with van der Waals surface area (Å²) in [5, 5.41) is 8.44. The monoisotopic (exact) mass is 526 g/mol. The van der Waals surface area contributed by atoms with Crippen molar-refractivity contribution >= 4 is 40.9 Å². The molecule has 1 aliphatic carbocycles. The lowest BCUT2D eigenvalue weighted by molar-refractivity contribution is -0.128. The van der Waals surface area contributed by atoms with Gasteiger partial charge in [0.25, 0.3) is 5.56 Å². The zero-order chi connectivity index (χ0) is 26.5. The van der Waals surface area contributed by atoms with Crippen LogP contribution in [0.15, 0.2) is 71.7 Å². The van der Waals surface area contributed by atoms with Gasteiger partial charge in [0, 0.05) is 35.1 Å². The molecule has 1 heterocycles. The van der Waals surface area contributed by atoms with E-state index in [-0.39, 0.29) is 24.1 Å². The van der Waals surface area contributed by atoms with Crippen LogP contribution >= 0.6 is 11.6 Å². The maximum Gasteiger partial charge on any atom is 0.407 e. The van der Waals surface area contributed by atoms with Gasteiger partial charge < -0.3 is 20.7 Å². The molecule has 0 radical (unpaired) electrons. The summed E-state index contributed by atoms with van der Waals surface area (Å²) in [6, 6.07) is 14.6. The Hall–Kier alpha value is -4.18. The van der Waals surface area contributed by atoms with E-state index >= 15 is 0 Å². The molecule has 0 bridgehead atoms. The van der Waals surface area contributed by atoms with Crippen molar-refractivity contribution in [2.75, 3.05) is 17.7 Å². The van der Waals surface area contributed by atoms with Gasteiger partial charge in [-0.05, 0) is 55.3 Å². The highest BCUT2D eigenvalue weighted by atomic mass is 35.5. The zero-order valence-electron chi connectivity index (χ0n) is 19.7. The summed E-state index contributed by atoms with van der Waals surface area (Å²) in [4.78, 5) is 50.1. The van der Waals surface area contributed by atoms with Crippen LogP contribution in [0.2, 0.25) is 5.02 Å². The van der Waals surface area contributed by atoms with Gasteiger partial charge in [-0.25, -0.2) is 9.18 Å². The minimum atomic E-state index is -0.856. The number of nitrogens with one attached hydrogen (secondary N) is 3. The molecule has 0 aliphatic heterocycles. The first-order chi connectivity index (χ1) is 17.7. The third-order valence-corrected chi connectivity index (χ3v) is 6.42. The van der Waals surface area contributed by atoms with E-state index in [0.717, 1.165) is 6.07 Å². The predicted molar refractivity (Wildman–Crippen MR) is 136 cm³/mol. The first-order valence-electron chi connectivity index (χ1n) is 11.4. The largest absolute Gasteiger partial charge is 0.453 e. The van der Waals surface area contributed by atoms with Crippen molar-refractivity contribution in [3.63, 3.8) is 0 Å². The maximum absolute atomic E-state index is 14.9. The molecule has 9 nitrogen and oxygen atoms in total. The summed E-state index contributed by atoms with van der Waals surface area (Å²) >= 11 is 5.90. The van der Waals surface area contributed by atoms with Crippen LogP contribution in [0, 0.1) is 17.7 Å². The Bertz CT molecular complexity index is 1380. The average molecular weight is 527 g/mol. The van der Waals surface area contributed by atoms with E-state index in [0.29, 0.717) is 16.4 Å². The van der Waals surface area contributed by atoms with Crippen LogP contribution in [-0.2, 0) is 14.3 Å². The molecular formula is C26H24ClFN4O5. The Morgan fingerprint density at radius 1 is 0.973 bits per heavy atom. The summed E-state index contributed by atoms with van der Waals surface area (Å²) in [6.07, 6.45) is 1.16. The van der Waals surface area contributed by atoms with Gasteiger partial charge in [-0.1, -0.05) is 17.7 Å². The number of ether oxygens (including phenoxy) is 1. The number of pyridine rings is 1. The minimum Gasteiger partial charge on any atom is -0.453 e. The van der Waals surface area contributed by atoms with Crippen LogP contribution in [-0.4, -0.2) is 35.6 Å². The van der Waals surface area contributed by atoms with Crippen molar-refractivity contribution in [2.24, 2.45) is 11.8 Å². The van der Waals surface area contributed by atoms with Crippen molar-refractivity contribution in [3.05, 3.63) is 88.1 Å². The van der Waals surface area contributed by atoms with Gasteiger partial charge in [0.2, 0.25) is 11.8 Å². The second-order valence-electron chi connectivity index (χ2n) is 8.58. The molecule has 0 spiro atoms. The van der Waals surface area contributed by atoms with Crippen molar-refractivity contribution < 1.29 is 23.5 Å². The van der Waals surface area contributed by atoms with Crippen molar-refractivity contribution in [2.45, 2.75) is 18.9 Å². The van der Waals surface area contributed by atoms with E-state index in [1.54, 1.807) is 36.4 Å². The quantitative estimate of drug-likeness (QED) is 0.449. The van der Waals surface area contributed by atoms with E-state index in [1.807, 2.05) is 0 Å². The van der Waals surface area contributed by atoms with Crippen LogP contribution in [0.5, 0.6) is 0 Å². The Morgan fingerprint density at radius 3 is 2.27 bits per heavy atom. The number of benzene rings is 2. The van der Waals surface area contributed by atoms with Crippen molar-refractivity contribution in [1.29, 1.82) is 0 Å². The second-order valence-corrected chi connectivity index (χ2v) is 9.01. The van der Waals surface area contributed by atoms with Gasteiger partial charge in [-0.15, -0.1) is 0 Å². The molecule has 2 aromatic carbocycles.